The Bertz CT molecular complexity index is 822. The van der Waals surface area contributed by atoms with Gasteiger partial charge >= 0.3 is 5.97 Å². The molecule has 140 valence electrons. The number of rotatable bonds is 5. The van der Waals surface area contributed by atoms with E-state index in [1.807, 2.05) is 44.2 Å². The second-order valence-corrected chi connectivity index (χ2v) is 8.19. The van der Waals surface area contributed by atoms with E-state index in [-0.39, 0.29) is 17.3 Å². The number of nitrogens with two attached hydrogens (primary N) is 1. The van der Waals surface area contributed by atoms with E-state index in [1.165, 1.54) is 0 Å². The van der Waals surface area contributed by atoms with E-state index in [2.05, 4.69) is 31.4 Å². The second-order valence-electron chi connectivity index (χ2n) is 8.19. The molecule has 0 aromatic heterocycles. The van der Waals surface area contributed by atoms with E-state index < -0.39 is 5.54 Å². The molecule has 6 heteroatoms. The van der Waals surface area contributed by atoms with E-state index in [0.717, 1.165) is 16.5 Å². The lowest BCUT2D eigenvalue weighted by molar-refractivity contribution is -0.140. The van der Waals surface area contributed by atoms with Crippen LogP contribution >= 0.6 is 0 Å². The van der Waals surface area contributed by atoms with Crippen molar-refractivity contribution in [3.63, 3.8) is 0 Å². The number of benzene rings is 2. The number of fused-ring (bicyclic) bond motifs is 1. The van der Waals surface area contributed by atoms with Gasteiger partial charge in [0.05, 0.1) is 0 Å². The highest BCUT2D eigenvalue weighted by Gasteiger charge is 2.30. The molecular formula is C20H28N4O2. The smallest absolute Gasteiger partial charge is 0.331 e. The summed E-state index contributed by atoms with van der Waals surface area (Å²) in [6.07, 6.45) is 0. The van der Waals surface area contributed by atoms with Gasteiger partial charge in [0.1, 0.15) is 11.3 Å². The summed E-state index contributed by atoms with van der Waals surface area (Å²) in [6.45, 7) is 10.7. The maximum absolute atomic E-state index is 12.5. The van der Waals surface area contributed by atoms with Crippen LogP contribution < -0.4 is 21.1 Å². The maximum atomic E-state index is 12.5. The fourth-order valence-electron chi connectivity index (χ4n) is 2.31. The summed E-state index contributed by atoms with van der Waals surface area (Å²) >= 11 is 0. The Labute approximate surface area is 154 Å². The van der Waals surface area contributed by atoms with Crippen molar-refractivity contribution in [1.29, 1.82) is 5.41 Å². The minimum absolute atomic E-state index is 0.0755. The van der Waals surface area contributed by atoms with E-state index >= 15 is 0 Å². The van der Waals surface area contributed by atoms with Crippen molar-refractivity contribution in [2.24, 2.45) is 11.1 Å². The lowest BCUT2D eigenvalue weighted by Crippen LogP contribution is -2.51. The molecular weight excluding hydrogens is 328 g/mol. The van der Waals surface area contributed by atoms with E-state index in [4.69, 9.17) is 15.9 Å². The van der Waals surface area contributed by atoms with Gasteiger partial charge in [-0.2, -0.15) is 0 Å². The largest absolute Gasteiger partial charge is 0.425 e. The van der Waals surface area contributed by atoms with Gasteiger partial charge in [-0.1, -0.05) is 32.9 Å². The molecule has 0 radical (unpaired) electrons. The van der Waals surface area contributed by atoms with Crippen LogP contribution in [0.5, 0.6) is 5.75 Å². The van der Waals surface area contributed by atoms with Gasteiger partial charge in [0.2, 0.25) is 0 Å². The number of ether oxygens (including phenoxy) is 1. The maximum Gasteiger partial charge on any atom is 0.331 e. The minimum Gasteiger partial charge on any atom is -0.425 e. The van der Waals surface area contributed by atoms with Crippen molar-refractivity contribution >= 4 is 28.4 Å². The van der Waals surface area contributed by atoms with Crippen LogP contribution in [-0.2, 0) is 4.79 Å². The molecule has 0 atom stereocenters. The summed E-state index contributed by atoms with van der Waals surface area (Å²) in [5.74, 6) is 0.0660. The Morgan fingerprint density at radius 3 is 2.31 bits per heavy atom. The van der Waals surface area contributed by atoms with Crippen LogP contribution in [0.25, 0.3) is 10.8 Å². The molecule has 0 heterocycles. The zero-order valence-electron chi connectivity index (χ0n) is 16.1. The highest BCUT2D eigenvalue weighted by atomic mass is 16.5. The lowest BCUT2D eigenvalue weighted by atomic mass is 9.94. The monoisotopic (exact) mass is 356 g/mol. The van der Waals surface area contributed by atoms with Gasteiger partial charge in [-0.05, 0) is 54.3 Å². The van der Waals surface area contributed by atoms with Gasteiger partial charge in [0.25, 0.3) is 0 Å². The number of nitrogens with one attached hydrogen (secondary N) is 3. The van der Waals surface area contributed by atoms with Crippen molar-refractivity contribution in [3.8, 4) is 5.75 Å². The highest BCUT2D eigenvalue weighted by molar-refractivity contribution is 5.94. The standard InChI is InChI=1S/C20H28N4O2/c1-19(2,3)12-23-20(4,5)17(25)26-16-9-7-13-10-15(24-18(21)22)8-6-14(13)11-16/h6-11,23H,12H2,1-5H3,(H4,21,22,24). The fourth-order valence-corrected chi connectivity index (χ4v) is 2.31. The first-order chi connectivity index (χ1) is 12.0. The molecule has 0 aliphatic carbocycles. The number of esters is 1. The third-order valence-corrected chi connectivity index (χ3v) is 3.87. The average molecular weight is 356 g/mol. The van der Waals surface area contributed by atoms with E-state index in [1.54, 1.807) is 6.07 Å². The zero-order valence-corrected chi connectivity index (χ0v) is 16.1. The van der Waals surface area contributed by atoms with Crippen LogP contribution in [0.4, 0.5) is 5.69 Å². The molecule has 2 rings (SSSR count). The molecule has 0 spiro atoms. The van der Waals surface area contributed by atoms with Gasteiger partial charge in [-0.15, -0.1) is 0 Å². The number of carbonyl (C=O) groups is 1. The summed E-state index contributed by atoms with van der Waals surface area (Å²) in [5.41, 5.74) is 5.38. The number of carbonyl (C=O) groups excluding carboxylic acids is 1. The Morgan fingerprint density at radius 2 is 1.69 bits per heavy atom. The third kappa shape index (κ3) is 5.46. The highest BCUT2D eigenvalue weighted by Crippen LogP contribution is 2.25. The van der Waals surface area contributed by atoms with Crippen molar-refractivity contribution in [1.82, 2.24) is 5.32 Å². The summed E-state index contributed by atoms with van der Waals surface area (Å²) in [7, 11) is 0. The first kappa shape index (κ1) is 19.7. The number of hydrogen-bond acceptors (Lipinski definition) is 4. The SMILES string of the molecule is CC(C)(C)CNC(C)(C)C(=O)Oc1ccc2cc(NC(=N)N)ccc2c1. The molecule has 0 aliphatic heterocycles. The number of anilines is 1. The third-order valence-electron chi connectivity index (χ3n) is 3.87. The van der Waals surface area contributed by atoms with Crippen LogP contribution in [0.1, 0.15) is 34.6 Å². The zero-order chi connectivity index (χ0) is 19.5. The number of guanidine groups is 1. The van der Waals surface area contributed by atoms with Crippen LogP contribution in [-0.4, -0.2) is 24.0 Å². The van der Waals surface area contributed by atoms with E-state index in [9.17, 15) is 4.79 Å². The van der Waals surface area contributed by atoms with Gasteiger partial charge in [-0.25, -0.2) is 4.79 Å². The minimum atomic E-state index is -0.780. The van der Waals surface area contributed by atoms with Crippen molar-refractivity contribution in [2.75, 3.05) is 11.9 Å². The molecule has 0 saturated heterocycles. The molecule has 0 fully saturated rings. The average Bonchev–Trinajstić information content (AvgIpc) is 2.52. The molecule has 0 unspecified atom stereocenters. The predicted molar refractivity (Wildman–Crippen MR) is 107 cm³/mol. The number of hydrogen-bond donors (Lipinski definition) is 4. The van der Waals surface area contributed by atoms with Gasteiger partial charge in [0, 0.05) is 12.2 Å². The lowest BCUT2D eigenvalue weighted by Gasteiger charge is -2.28. The normalized spacial score (nSPS) is 12.0. The molecule has 0 amide bonds. The molecule has 0 saturated carbocycles. The summed E-state index contributed by atoms with van der Waals surface area (Å²) in [5, 5.41) is 15.2. The van der Waals surface area contributed by atoms with Gasteiger partial charge in [0.15, 0.2) is 5.96 Å². The summed E-state index contributed by atoms with van der Waals surface area (Å²) in [4.78, 5) is 12.5. The summed E-state index contributed by atoms with van der Waals surface area (Å²) in [6, 6.07) is 11.1. The predicted octanol–water partition coefficient (Wildman–Crippen LogP) is 3.46. The fraction of sp³-hybridized carbons (Fsp3) is 0.400. The quantitative estimate of drug-likeness (QED) is 0.284. The molecule has 0 bridgehead atoms. The van der Waals surface area contributed by atoms with Crippen molar-refractivity contribution < 1.29 is 9.53 Å². The first-order valence-corrected chi connectivity index (χ1v) is 8.58. The van der Waals surface area contributed by atoms with Crippen LogP contribution in [0, 0.1) is 10.8 Å². The first-order valence-electron chi connectivity index (χ1n) is 8.58. The molecule has 6 nitrogen and oxygen atoms in total. The molecule has 26 heavy (non-hydrogen) atoms. The van der Waals surface area contributed by atoms with Crippen LogP contribution in [0.2, 0.25) is 0 Å². The Balaban J connectivity index is 2.12. The molecule has 2 aromatic carbocycles. The van der Waals surface area contributed by atoms with Gasteiger partial charge < -0.3 is 21.1 Å². The Hall–Kier alpha value is -2.60. The van der Waals surface area contributed by atoms with Gasteiger partial charge in [-0.3, -0.25) is 5.41 Å². The Kier molecular flexibility index (Phi) is 5.56. The summed E-state index contributed by atoms with van der Waals surface area (Å²) < 4.78 is 5.58. The van der Waals surface area contributed by atoms with Crippen LogP contribution in [0.3, 0.4) is 0 Å². The second kappa shape index (κ2) is 7.33. The topological polar surface area (TPSA) is 100 Å². The molecule has 2 aromatic rings. The molecule has 5 N–H and O–H groups in total. The molecule has 0 aliphatic rings. The van der Waals surface area contributed by atoms with Crippen molar-refractivity contribution in [3.05, 3.63) is 36.4 Å². The van der Waals surface area contributed by atoms with E-state index in [0.29, 0.717) is 12.3 Å². The van der Waals surface area contributed by atoms with Crippen LogP contribution in [0.15, 0.2) is 36.4 Å². The van der Waals surface area contributed by atoms with Crippen molar-refractivity contribution in [2.45, 2.75) is 40.2 Å². The Morgan fingerprint density at radius 1 is 1.08 bits per heavy atom.